The van der Waals surface area contributed by atoms with Gasteiger partial charge in [-0.2, -0.15) is 0 Å². The van der Waals surface area contributed by atoms with Crippen LogP contribution in [0.1, 0.15) is 6.42 Å². The van der Waals surface area contributed by atoms with Crippen LogP contribution in [0.2, 0.25) is 0 Å². The maximum Gasteiger partial charge on any atom is 0.242 e. The zero-order chi connectivity index (χ0) is 11.4. The fraction of sp³-hybridized carbons (Fsp3) is 0.600. The fourth-order valence-corrected chi connectivity index (χ4v) is 1.82. The predicted octanol–water partition coefficient (Wildman–Crippen LogP) is -0.709. The maximum atomic E-state index is 11.9. The van der Waals surface area contributed by atoms with Gasteiger partial charge in [-0.3, -0.25) is 10.6 Å². The summed E-state index contributed by atoms with van der Waals surface area (Å²) in [6.07, 6.45) is 6.07. The first-order chi connectivity index (χ1) is 7.75. The highest BCUT2D eigenvalue weighted by atomic mass is 16.2. The number of rotatable bonds is 2. The number of nitrogens with two attached hydrogens (primary N) is 1. The summed E-state index contributed by atoms with van der Waals surface area (Å²) in [6.45, 7) is 3.47. The highest BCUT2D eigenvalue weighted by Crippen LogP contribution is 2.01. The van der Waals surface area contributed by atoms with E-state index >= 15 is 0 Å². The number of carbonyl (C=O) groups excluding carboxylic acids is 1. The molecule has 1 fully saturated rings. The molecule has 1 saturated heterocycles. The van der Waals surface area contributed by atoms with Crippen LogP contribution in [0, 0.1) is 0 Å². The highest BCUT2D eigenvalue weighted by Gasteiger charge is 2.17. The van der Waals surface area contributed by atoms with Crippen LogP contribution in [0.4, 0.5) is 0 Å². The van der Waals surface area contributed by atoms with Crippen molar-refractivity contribution < 1.29 is 4.79 Å². The summed E-state index contributed by atoms with van der Waals surface area (Å²) in [5, 5.41) is 1.77. The van der Waals surface area contributed by atoms with Gasteiger partial charge in [-0.05, 0) is 6.42 Å². The minimum Gasteiger partial charge on any atom is -0.340 e. The number of amides is 1. The van der Waals surface area contributed by atoms with Gasteiger partial charge in [0.05, 0.1) is 6.33 Å². The average molecular weight is 223 g/mol. The normalized spacial score (nSPS) is 18.4. The molecule has 2 N–H and O–H groups in total. The lowest BCUT2D eigenvalue weighted by Gasteiger charge is -2.20. The van der Waals surface area contributed by atoms with Crippen molar-refractivity contribution in [1.82, 2.24) is 19.5 Å². The molecule has 88 valence electrons. The molecule has 0 bridgehead atoms. The van der Waals surface area contributed by atoms with E-state index in [0.717, 1.165) is 26.1 Å². The Morgan fingerprint density at radius 2 is 2.19 bits per heavy atom. The van der Waals surface area contributed by atoms with E-state index in [-0.39, 0.29) is 5.91 Å². The van der Waals surface area contributed by atoms with Crippen LogP contribution < -0.4 is 5.84 Å². The molecule has 1 amide bonds. The predicted molar refractivity (Wildman–Crippen MR) is 59.2 cm³/mol. The lowest BCUT2D eigenvalue weighted by molar-refractivity contribution is -0.131. The van der Waals surface area contributed by atoms with E-state index in [1.807, 2.05) is 4.90 Å². The van der Waals surface area contributed by atoms with Crippen LogP contribution in [-0.4, -0.2) is 51.5 Å². The van der Waals surface area contributed by atoms with Gasteiger partial charge in [0.25, 0.3) is 0 Å². The molecule has 0 radical (unpaired) electrons. The third-order valence-electron chi connectivity index (χ3n) is 2.76. The lowest BCUT2D eigenvalue weighted by atomic mass is 10.4. The Morgan fingerprint density at radius 3 is 2.94 bits per heavy atom. The summed E-state index contributed by atoms with van der Waals surface area (Å²) < 4.78 is 1.79. The number of hydrogen-bond donors (Lipinski definition) is 1. The smallest absolute Gasteiger partial charge is 0.242 e. The van der Waals surface area contributed by atoms with Gasteiger partial charge in [0.1, 0.15) is 6.54 Å². The lowest BCUT2D eigenvalue weighted by Crippen LogP contribution is -2.38. The summed E-state index contributed by atoms with van der Waals surface area (Å²) >= 11 is 0. The monoisotopic (exact) mass is 223 g/mol. The number of nitrogens with zero attached hydrogens (tertiary/aromatic N) is 4. The fourth-order valence-electron chi connectivity index (χ4n) is 1.82. The van der Waals surface area contributed by atoms with Gasteiger partial charge in [0, 0.05) is 38.6 Å². The minimum absolute atomic E-state index is 0.133. The van der Waals surface area contributed by atoms with Crippen LogP contribution in [0.3, 0.4) is 0 Å². The van der Waals surface area contributed by atoms with E-state index in [1.165, 1.54) is 0 Å². The largest absolute Gasteiger partial charge is 0.340 e. The number of imidazole rings is 1. The second-order valence-corrected chi connectivity index (χ2v) is 4.01. The first kappa shape index (κ1) is 11.1. The van der Waals surface area contributed by atoms with Crippen LogP contribution in [0.5, 0.6) is 0 Å². The van der Waals surface area contributed by atoms with Gasteiger partial charge in [0.2, 0.25) is 5.91 Å². The molecule has 2 rings (SSSR count). The van der Waals surface area contributed by atoms with E-state index in [9.17, 15) is 4.79 Å². The van der Waals surface area contributed by atoms with Gasteiger partial charge < -0.3 is 9.47 Å². The van der Waals surface area contributed by atoms with Crippen molar-refractivity contribution >= 4 is 5.91 Å². The summed E-state index contributed by atoms with van der Waals surface area (Å²) in [5.41, 5.74) is 0. The minimum atomic E-state index is 0.133. The molecule has 0 atom stereocenters. The first-order valence-electron chi connectivity index (χ1n) is 5.49. The van der Waals surface area contributed by atoms with E-state index in [0.29, 0.717) is 13.1 Å². The number of carbonyl (C=O) groups is 1. The van der Waals surface area contributed by atoms with Crippen molar-refractivity contribution in [1.29, 1.82) is 0 Å². The molecule has 1 aliphatic rings. The Kier molecular flexibility index (Phi) is 3.53. The van der Waals surface area contributed by atoms with Gasteiger partial charge in [-0.25, -0.2) is 9.99 Å². The number of aromatic nitrogens is 2. The molecule has 16 heavy (non-hydrogen) atoms. The molecule has 0 spiro atoms. The van der Waals surface area contributed by atoms with E-state index < -0.39 is 0 Å². The molecule has 6 nitrogen and oxygen atoms in total. The zero-order valence-corrected chi connectivity index (χ0v) is 9.25. The Hall–Kier alpha value is -1.40. The average Bonchev–Trinajstić information content (AvgIpc) is 2.66. The van der Waals surface area contributed by atoms with Crippen molar-refractivity contribution in [3.8, 4) is 0 Å². The standard InChI is InChI=1S/C10H17N5O/c11-15-4-1-3-14(6-7-15)10(16)8-13-5-2-12-9-13/h2,5,9H,1,3-4,6-8,11H2. The third kappa shape index (κ3) is 2.80. The zero-order valence-electron chi connectivity index (χ0n) is 9.25. The van der Waals surface area contributed by atoms with Crippen LogP contribution >= 0.6 is 0 Å². The molecular weight excluding hydrogens is 206 g/mol. The molecule has 1 aromatic rings. The molecule has 0 aromatic carbocycles. The first-order valence-corrected chi connectivity index (χ1v) is 5.49. The van der Waals surface area contributed by atoms with Crippen molar-refractivity contribution in [2.24, 2.45) is 5.84 Å². The van der Waals surface area contributed by atoms with Crippen molar-refractivity contribution in [3.05, 3.63) is 18.7 Å². The SMILES string of the molecule is NN1CCCN(C(=O)Cn2ccnc2)CC1. The Balaban J connectivity index is 1.89. The number of hydrazine groups is 1. The second-order valence-electron chi connectivity index (χ2n) is 4.01. The Morgan fingerprint density at radius 1 is 1.31 bits per heavy atom. The maximum absolute atomic E-state index is 11.9. The van der Waals surface area contributed by atoms with E-state index in [1.54, 1.807) is 28.3 Å². The van der Waals surface area contributed by atoms with Crippen molar-refractivity contribution in [2.75, 3.05) is 26.2 Å². The summed E-state index contributed by atoms with van der Waals surface area (Å²) in [4.78, 5) is 17.7. The summed E-state index contributed by atoms with van der Waals surface area (Å²) in [7, 11) is 0. The molecule has 2 heterocycles. The number of hydrogen-bond acceptors (Lipinski definition) is 4. The molecule has 0 saturated carbocycles. The molecule has 0 aliphatic carbocycles. The van der Waals surface area contributed by atoms with E-state index in [2.05, 4.69) is 4.98 Å². The summed E-state index contributed by atoms with van der Waals surface area (Å²) in [5.74, 6) is 5.85. The van der Waals surface area contributed by atoms with E-state index in [4.69, 9.17) is 5.84 Å². The highest BCUT2D eigenvalue weighted by molar-refractivity contribution is 5.76. The van der Waals surface area contributed by atoms with Crippen LogP contribution in [-0.2, 0) is 11.3 Å². The van der Waals surface area contributed by atoms with Gasteiger partial charge in [-0.1, -0.05) is 0 Å². The molecule has 1 aromatic heterocycles. The molecular formula is C10H17N5O. The Labute approximate surface area is 94.6 Å². The van der Waals surface area contributed by atoms with Crippen LogP contribution in [0.25, 0.3) is 0 Å². The molecule has 0 unspecified atom stereocenters. The van der Waals surface area contributed by atoms with Gasteiger partial charge in [0.15, 0.2) is 0 Å². The Bertz CT molecular complexity index is 337. The molecule has 1 aliphatic heterocycles. The van der Waals surface area contributed by atoms with Gasteiger partial charge >= 0.3 is 0 Å². The topological polar surface area (TPSA) is 67.4 Å². The third-order valence-corrected chi connectivity index (χ3v) is 2.76. The van der Waals surface area contributed by atoms with Crippen LogP contribution in [0.15, 0.2) is 18.7 Å². The molecule has 6 heteroatoms. The van der Waals surface area contributed by atoms with Crippen molar-refractivity contribution in [2.45, 2.75) is 13.0 Å². The van der Waals surface area contributed by atoms with Crippen molar-refractivity contribution in [3.63, 3.8) is 0 Å². The second kappa shape index (κ2) is 5.09. The van der Waals surface area contributed by atoms with Gasteiger partial charge in [-0.15, -0.1) is 0 Å². The quantitative estimate of drug-likeness (QED) is 0.673. The summed E-state index contributed by atoms with van der Waals surface area (Å²) in [6, 6.07) is 0.